The minimum Gasteiger partial charge on any atom is -0.475 e. The number of aromatic carboxylic acids is 1. The van der Waals surface area contributed by atoms with E-state index in [9.17, 15) is 14.7 Å². The van der Waals surface area contributed by atoms with Crippen molar-refractivity contribution >= 4 is 40.8 Å². The monoisotopic (exact) mass is 542 g/mol. The van der Waals surface area contributed by atoms with Crippen molar-refractivity contribution in [2.24, 2.45) is 0 Å². The average molecular weight is 543 g/mol. The van der Waals surface area contributed by atoms with Crippen LogP contribution in [0.1, 0.15) is 76.9 Å². The number of benzene rings is 1. The third-order valence-electron chi connectivity index (χ3n) is 7.46. The fraction of sp³-hybridized carbons (Fsp3) is 0.423. The standard InChI is InChI=1S/C26H24Cl2N4O5/c1-12-19(11-29-24(30-12)25(33)34)32-14-7-8-15(32)10-16(9-14)36-26(35)21-22(31-37-23(21)13-5-6-13)20-17(27)3-2-4-18(20)28/h2-4,11,13-16H,5-10H2,1H3,(H,33,34)/t14-,15+,16-. The van der Waals surface area contributed by atoms with Crippen molar-refractivity contribution < 1.29 is 24.0 Å². The lowest BCUT2D eigenvalue weighted by atomic mass is 9.98. The van der Waals surface area contributed by atoms with Crippen molar-refractivity contribution in [3.8, 4) is 11.3 Å². The molecule has 1 aromatic carbocycles. The van der Waals surface area contributed by atoms with Crippen LogP contribution in [0.3, 0.4) is 0 Å². The molecule has 3 aliphatic rings. The summed E-state index contributed by atoms with van der Waals surface area (Å²) in [6, 6.07) is 5.41. The summed E-state index contributed by atoms with van der Waals surface area (Å²) in [5.41, 5.74) is 2.53. The molecule has 3 aromatic rings. The van der Waals surface area contributed by atoms with Gasteiger partial charge in [-0.2, -0.15) is 0 Å². The zero-order chi connectivity index (χ0) is 25.8. The normalized spacial score (nSPS) is 22.8. The smallest absolute Gasteiger partial charge is 0.373 e. The number of carbonyl (C=O) groups excluding carboxylic acids is 1. The van der Waals surface area contributed by atoms with Crippen LogP contribution in [0.2, 0.25) is 10.0 Å². The number of piperidine rings is 1. The summed E-state index contributed by atoms with van der Waals surface area (Å²) in [5.74, 6) is -1.17. The van der Waals surface area contributed by atoms with E-state index in [0.717, 1.165) is 31.4 Å². The molecule has 1 aliphatic carbocycles. The Kier molecular flexibility index (Phi) is 6.07. The van der Waals surface area contributed by atoms with E-state index in [2.05, 4.69) is 20.0 Å². The van der Waals surface area contributed by atoms with Crippen molar-refractivity contribution in [2.45, 2.75) is 69.6 Å². The summed E-state index contributed by atoms with van der Waals surface area (Å²) in [7, 11) is 0. The second-order valence-electron chi connectivity index (χ2n) is 9.90. The van der Waals surface area contributed by atoms with Crippen molar-refractivity contribution in [3.63, 3.8) is 0 Å². The first-order valence-electron chi connectivity index (χ1n) is 12.3. The second-order valence-corrected chi connectivity index (χ2v) is 10.7. The van der Waals surface area contributed by atoms with Crippen LogP contribution < -0.4 is 4.90 Å². The molecule has 6 rings (SSSR count). The topological polar surface area (TPSA) is 119 Å². The number of aromatic nitrogens is 3. The van der Waals surface area contributed by atoms with E-state index in [1.165, 1.54) is 0 Å². The molecule has 2 aliphatic heterocycles. The lowest BCUT2D eigenvalue weighted by Crippen LogP contribution is -2.46. The Morgan fingerprint density at radius 1 is 1.11 bits per heavy atom. The first kappa shape index (κ1) is 24.2. The van der Waals surface area contributed by atoms with Gasteiger partial charge in [0.15, 0.2) is 5.76 Å². The summed E-state index contributed by atoms with van der Waals surface area (Å²) in [4.78, 5) is 35.3. The number of halogens is 2. The van der Waals surface area contributed by atoms with Gasteiger partial charge in [-0.1, -0.05) is 34.4 Å². The Bertz CT molecular complexity index is 1370. The summed E-state index contributed by atoms with van der Waals surface area (Å²) >= 11 is 12.9. The Hall–Kier alpha value is -3.17. The van der Waals surface area contributed by atoms with Crippen molar-refractivity contribution in [1.82, 2.24) is 15.1 Å². The largest absolute Gasteiger partial charge is 0.475 e. The summed E-state index contributed by atoms with van der Waals surface area (Å²) in [5, 5.41) is 14.2. The average Bonchev–Trinajstić information content (AvgIpc) is 3.55. The van der Waals surface area contributed by atoms with Crippen LogP contribution in [0.4, 0.5) is 5.69 Å². The lowest BCUT2D eigenvalue weighted by molar-refractivity contribution is 0.0202. The molecule has 9 nitrogen and oxygen atoms in total. The van der Waals surface area contributed by atoms with Crippen LogP contribution in [0.15, 0.2) is 28.9 Å². The number of aryl methyl sites for hydroxylation is 1. The van der Waals surface area contributed by atoms with Crippen LogP contribution in [0.5, 0.6) is 0 Å². The van der Waals surface area contributed by atoms with E-state index in [1.54, 1.807) is 31.3 Å². The predicted molar refractivity (Wildman–Crippen MR) is 135 cm³/mol. The zero-order valence-electron chi connectivity index (χ0n) is 20.0. The second kappa shape index (κ2) is 9.29. The van der Waals surface area contributed by atoms with Crippen molar-refractivity contribution in [3.05, 3.63) is 57.3 Å². The maximum Gasteiger partial charge on any atom is 0.373 e. The van der Waals surface area contributed by atoms with Gasteiger partial charge in [0.25, 0.3) is 0 Å². The van der Waals surface area contributed by atoms with Crippen LogP contribution in [0, 0.1) is 6.92 Å². The van der Waals surface area contributed by atoms with Crippen LogP contribution in [-0.4, -0.2) is 50.4 Å². The summed E-state index contributed by atoms with van der Waals surface area (Å²) in [6.07, 6.45) is 6.34. The Morgan fingerprint density at radius 3 is 2.38 bits per heavy atom. The molecule has 37 heavy (non-hydrogen) atoms. The molecule has 2 aromatic heterocycles. The number of carboxylic acid groups (broad SMARTS) is 1. The van der Waals surface area contributed by atoms with Gasteiger partial charge in [0, 0.05) is 36.4 Å². The number of carbonyl (C=O) groups is 2. The number of fused-ring (bicyclic) bond motifs is 2. The van der Waals surface area contributed by atoms with E-state index < -0.39 is 11.9 Å². The molecule has 2 saturated heterocycles. The molecular formula is C26H24Cl2N4O5. The zero-order valence-corrected chi connectivity index (χ0v) is 21.5. The Labute approximate surface area is 222 Å². The number of hydrogen-bond acceptors (Lipinski definition) is 8. The van der Waals surface area contributed by atoms with Gasteiger partial charge in [0.1, 0.15) is 17.4 Å². The van der Waals surface area contributed by atoms with Gasteiger partial charge in [-0.25, -0.2) is 19.6 Å². The molecule has 3 atom stereocenters. The number of carboxylic acids is 1. The van der Waals surface area contributed by atoms with Crippen LogP contribution in [-0.2, 0) is 4.74 Å². The van der Waals surface area contributed by atoms with E-state index in [-0.39, 0.29) is 29.9 Å². The minimum atomic E-state index is -1.15. The van der Waals surface area contributed by atoms with Crippen LogP contribution in [0.25, 0.3) is 11.3 Å². The van der Waals surface area contributed by atoms with Crippen molar-refractivity contribution in [2.75, 3.05) is 4.90 Å². The molecule has 0 radical (unpaired) electrons. The van der Waals surface area contributed by atoms with Gasteiger partial charge in [-0.15, -0.1) is 0 Å². The number of rotatable bonds is 6. The third-order valence-corrected chi connectivity index (χ3v) is 8.09. The van der Waals surface area contributed by atoms with Gasteiger partial charge in [-0.3, -0.25) is 0 Å². The van der Waals surface area contributed by atoms with Gasteiger partial charge in [0.05, 0.1) is 27.6 Å². The van der Waals surface area contributed by atoms with Gasteiger partial charge in [0.2, 0.25) is 5.82 Å². The lowest BCUT2D eigenvalue weighted by Gasteiger charge is -2.40. The van der Waals surface area contributed by atoms with Gasteiger partial charge >= 0.3 is 11.9 Å². The highest BCUT2D eigenvalue weighted by Crippen LogP contribution is 2.47. The number of esters is 1. The van der Waals surface area contributed by atoms with E-state index in [0.29, 0.717) is 51.2 Å². The number of anilines is 1. The first-order valence-corrected chi connectivity index (χ1v) is 13.1. The third kappa shape index (κ3) is 4.34. The fourth-order valence-corrected chi connectivity index (χ4v) is 6.24. The highest BCUT2D eigenvalue weighted by Gasteiger charge is 2.44. The van der Waals surface area contributed by atoms with Gasteiger partial charge in [-0.05, 0) is 44.7 Å². The van der Waals surface area contributed by atoms with Crippen molar-refractivity contribution in [1.29, 1.82) is 0 Å². The molecule has 3 fully saturated rings. The Morgan fingerprint density at radius 2 is 1.78 bits per heavy atom. The molecule has 2 bridgehead atoms. The molecule has 192 valence electrons. The van der Waals surface area contributed by atoms with E-state index in [1.807, 2.05) is 0 Å². The minimum absolute atomic E-state index is 0.136. The molecule has 0 spiro atoms. The summed E-state index contributed by atoms with van der Waals surface area (Å²) in [6.45, 7) is 1.79. The number of nitrogens with zero attached hydrogens (tertiary/aromatic N) is 4. The van der Waals surface area contributed by atoms with Gasteiger partial charge < -0.3 is 19.3 Å². The first-order chi connectivity index (χ1) is 17.8. The highest BCUT2D eigenvalue weighted by molar-refractivity contribution is 6.39. The van der Waals surface area contributed by atoms with Crippen LogP contribution >= 0.6 is 23.2 Å². The fourth-order valence-electron chi connectivity index (χ4n) is 5.66. The quantitative estimate of drug-likeness (QED) is 0.392. The maximum atomic E-state index is 13.6. The molecule has 1 saturated carbocycles. The highest BCUT2D eigenvalue weighted by atomic mass is 35.5. The molecule has 1 N–H and O–H groups in total. The number of ether oxygens (including phenoxy) is 1. The molecule has 4 heterocycles. The Balaban J connectivity index is 1.24. The number of hydrogen-bond donors (Lipinski definition) is 1. The molecule has 0 unspecified atom stereocenters. The van der Waals surface area contributed by atoms with E-state index in [4.69, 9.17) is 32.5 Å². The molecule has 0 amide bonds. The summed E-state index contributed by atoms with van der Waals surface area (Å²) < 4.78 is 11.7. The molecule has 11 heteroatoms. The SMILES string of the molecule is Cc1nc(C(=O)O)ncc1N1[C@@H]2CC[C@H]1C[C@H](OC(=O)c1c(-c3c(Cl)cccc3Cl)noc1C1CC1)C2. The molecular weight excluding hydrogens is 519 g/mol. The maximum absolute atomic E-state index is 13.6. The predicted octanol–water partition coefficient (Wildman–Crippen LogP) is 5.68. The van der Waals surface area contributed by atoms with E-state index >= 15 is 0 Å².